The molecule has 5 atom stereocenters. The number of phosphoric ester groups is 2. The van der Waals surface area contributed by atoms with Crippen LogP contribution < -0.4 is 0 Å². The highest BCUT2D eigenvalue weighted by atomic mass is 31.2. The first kappa shape index (κ1) is 87.7. The molecule has 91 heavy (non-hydrogen) atoms. The minimum atomic E-state index is -4.92. The normalized spacial score (nSPS) is 14.7. The molecule has 4 N–H and O–H groups in total. The number of carbonyl (C=O) groups is 3. The van der Waals surface area contributed by atoms with E-state index in [2.05, 4.69) is 106 Å². The van der Waals surface area contributed by atoms with Crippen LogP contribution in [-0.4, -0.2) is 95.9 Å². The Morgan fingerprint density at radius 2 is 0.582 bits per heavy atom. The van der Waals surface area contributed by atoms with Gasteiger partial charge >= 0.3 is 33.6 Å². The van der Waals surface area contributed by atoms with Crippen LogP contribution in [0.25, 0.3) is 0 Å². The quantitative estimate of drug-likeness (QED) is 0.0146. The van der Waals surface area contributed by atoms with Crippen molar-refractivity contribution in [3.8, 4) is 0 Å². The van der Waals surface area contributed by atoms with Gasteiger partial charge in [-0.05, 0) is 96.3 Å². The molecule has 0 aliphatic rings. The Morgan fingerprint density at radius 3 is 0.945 bits per heavy atom. The van der Waals surface area contributed by atoms with E-state index in [0.29, 0.717) is 19.3 Å². The predicted molar refractivity (Wildman–Crippen MR) is 371 cm³/mol. The molecule has 0 aromatic carbocycles. The topological polar surface area (TPSA) is 231 Å². The van der Waals surface area contributed by atoms with Gasteiger partial charge in [0.15, 0.2) is 6.10 Å². The third-order valence-corrected chi connectivity index (χ3v) is 17.0. The van der Waals surface area contributed by atoms with Crippen molar-refractivity contribution in [1.29, 1.82) is 0 Å². The number of hydrogen-bond acceptors (Lipinski definition) is 14. The number of aliphatic hydroxyl groups is 2. The van der Waals surface area contributed by atoms with Gasteiger partial charge in [-0.25, -0.2) is 9.13 Å². The molecule has 0 aliphatic carbocycles. The number of aliphatic hydroxyl groups excluding tert-OH is 2. The lowest BCUT2D eigenvalue weighted by atomic mass is 10.0. The lowest BCUT2D eigenvalue weighted by Gasteiger charge is -2.21. The van der Waals surface area contributed by atoms with Crippen LogP contribution in [0.5, 0.6) is 0 Å². The Hall–Kier alpha value is -3.27. The highest BCUT2D eigenvalue weighted by molar-refractivity contribution is 7.47. The first-order valence-corrected chi connectivity index (χ1v) is 38.9. The standard InChI is InChI=1S/C73H130O16P2/c1-4-7-10-13-16-19-22-24-26-28-29-30-31-32-33-34-35-36-37-39-41-42-45-47-50-53-56-59-71(76)83-62-68(74)63-85-90(79,80)86-64-69(75)65-87-91(81,82)88-67-70(89-73(78)61-58-55-52-49-44-21-18-15-12-9-6-3)66-84-72(77)60-57-54-51-48-46-43-40-38-27-25-23-20-17-14-11-8-5-2/h8,11,16-17,19-20,24-27,29-30,32-33,68-70,74-75H,4-7,9-10,12-15,18,21-23,28,31,34-67H2,1-3H3,(H,79,80)(H,81,82)/b11-8-,19-16-,20-17-,26-24-,27-25-,30-29-,33-32-. The Balaban J connectivity index is 4.45. The van der Waals surface area contributed by atoms with E-state index in [1.54, 1.807) is 0 Å². The molecule has 0 spiro atoms. The number of ether oxygens (including phenoxy) is 3. The molecule has 0 aliphatic heterocycles. The molecule has 16 nitrogen and oxygen atoms in total. The number of carbonyl (C=O) groups excluding carboxylic acids is 3. The largest absolute Gasteiger partial charge is 0.472 e. The lowest BCUT2D eigenvalue weighted by Crippen LogP contribution is -2.30. The van der Waals surface area contributed by atoms with Gasteiger partial charge in [-0.3, -0.25) is 32.5 Å². The number of hydrogen-bond donors (Lipinski definition) is 4. The van der Waals surface area contributed by atoms with E-state index >= 15 is 0 Å². The van der Waals surface area contributed by atoms with Gasteiger partial charge in [0.2, 0.25) is 0 Å². The summed E-state index contributed by atoms with van der Waals surface area (Å²) in [6, 6.07) is 0. The second-order valence-electron chi connectivity index (χ2n) is 24.0. The molecular formula is C73H130O16P2. The third-order valence-electron chi connectivity index (χ3n) is 15.1. The van der Waals surface area contributed by atoms with Crippen LogP contribution >= 0.6 is 15.6 Å². The molecule has 0 heterocycles. The van der Waals surface area contributed by atoms with Crippen LogP contribution in [0.4, 0.5) is 0 Å². The molecule has 0 rings (SSSR count). The summed E-state index contributed by atoms with van der Waals surface area (Å²) in [6.07, 6.45) is 72.2. The first-order valence-electron chi connectivity index (χ1n) is 35.9. The van der Waals surface area contributed by atoms with Crippen molar-refractivity contribution >= 4 is 33.6 Å². The van der Waals surface area contributed by atoms with Gasteiger partial charge in [-0.1, -0.05) is 273 Å². The van der Waals surface area contributed by atoms with Crippen molar-refractivity contribution < 1.29 is 75.8 Å². The minimum absolute atomic E-state index is 0.106. The maximum absolute atomic E-state index is 12.9. The van der Waals surface area contributed by atoms with E-state index in [1.165, 1.54) is 109 Å². The molecule has 0 radical (unpaired) electrons. The van der Waals surface area contributed by atoms with Gasteiger partial charge in [-0.15, -0.1) is 0 Å². The summed E-state index contributed by atoms with van der Waals surface area (Å²) in [5, 5.41) is 20.6. The molecule has 528 valence electrons. The monoisotopic (exact) mass is 1320 g/mol. The van der Waals surface area contributed by atoms with Crippen LogP contribution in [0.15, 0.2) is 85.1 Å². The highest BCUT2D eigenvalue weighted by Gasteiger charge is 2.29. The number of allylic oxidation sites excluding steroid dienone is 14. The Labute approximate surface area is 553 Å². The second-order valence-corrected chi connectivity index (χ2v) is 26.9. The molecular weight excluding hydrogens is 1190 g/mol. The van der Waals surface area contributed by atoms with Gasteiger partial charge in [-0.2, -0.15) is 0 Å². The van der Waals surface area contributed by atoms with Crippen molar-refractivity contribution in [2.45, 2.75) is 322 Å². The maximum atomic E-state index is 12.9. The van der Waals surface area contributed by atoms with E-state index in [4.69, 9.17) is 32.3 Å². The van der Waals surface area contributed by atoms with Crippen LogP contribution in [0.2, 0.25) is 0 Å². The summed E-state index contributed by atoms with van der Waals surface area (Å²) in [7, 11) is -9.77. The van der Waals surface area contributed by atoms with Crippen molar-refractivity contribution in [2.75, 3.05) is 39.6 Å². The zero-order valence-corrected chi connectivity index (χ0v) is 59.0. The fraction of sp³-hybridized carbons (Fsp3) is 0.767. The van der Waals surface area contributed by atoms with Crippen LogP contribution in [0.3, 0.4) is 0 Å². The number of rotatable bonds is 68. The average Bonchev–Trinajstić information content (AvgIpc) is 3.61. The summed E-state index contributed by atoms with van der Waals surface area (Å²) < 4.78 is 60.9. The Bertz CT molecular complexity index is 2000. The molecule has 0 saturated carbocycles. The van der Waals surface area contributed by atoms with E-state index < -0.39 is 91.5 Å². The van der Waals surface area contributed by atoms with Gasteiger partial charge in [0.1, 0.15) is 25.4 Å². The third kappa shape index (κ3) is 67.9. The zero-order valence-electron chi connectivity index (χ0n) is 57.3. The molecule has 0 bridgehead atoms. The number of phosphoric acid groups is 2. The summed E-state index contributed by atoms with van der Waals surface area (Å²) in [6.45, 7) is 2.53. The average molecular weight is 1330 g/mol. The lowest BCUT2D eigenvalue weighted by molar-refractivity contribution is -0.161. The maximum Gasteiger partial charge on any atom is 0.472 e. The zero-order chi connectivity index (χ0) is 66.7. The second kappa shape index (κ2) is 66.7. The first-order chi connectivity index (χ1) is 44.2. The fourth-order valence-corrected chi connectivity index (χ4v) is 11.2. The molecule has 0 saturated heterocycles. The number of esters is 3. The summed E-state index contributed by atoms with van der Waals surface area (Å²) in [5.41, 5.74) is 0. The van der Waals surface area contributed by atoms with E-state index in [9.17, 15) is 43.5 Å². The van der Waals surface area contributed by atoms with Crippen molar-refractivity contribution in [1.82, 2.24) is 0 Å². The van der Waals surface area contributed by atoms with Crippen molar-refractivity contribution in [2.24, 2.45) is 0 Å². The number of unbranched alkanes of at least 4 members (excludes halogenated alkanes) is 31. The van der Waals surface area contributed by atoms with Crippen molar-refractivity contribution in [3.63, 3.8) is 0 Å². The highest BCUT2D eigenvalue weighted by Crippen LogP contribution is 2.45. The SMILES string of the molecule is CC/C=C\C/C=C\C/C=C\CCCCCCCCCC(=O)OCC(COP(=O)(O)OCC(O)COP(=O)(O)OCC(O)COC(=O)CCCCCCCCCCCCC/C=C\C/C=C\C/C=C\C/C=C\CCCCC)OC(=O)CCCCCCCCCCCCC. The predicted octanol–water partition coefficient (Wildman–Crippen LogP) is 20.1. The van der Waals surface area contributed by atoms with Gasteiger partial charge in [0, 0.05) is 19.3 Å². The molecule has 5 unspecified atom stereocenters. The summed E-state index contributed by atoms with van der Waals surface area (Å²) in [4.78, 5) is 58.3. The van der Waals surface area contributed by atoms with Crippen LogP contribution in [-0.2, 0) is 55.8 Å². The minimum Gasteiger partial charge on any atom is -0.463 e. The molecule has 0 aromatic rings. The molecule has 0 fully saturated rings. The Morgan fingerprint density at radius 1 is 0.319 bits per heavy atom. The van der Waals surface area contributed by atoms with E-state index in [0.717, 1.165) is 135 Å². The van der Waals surface area contributed by atoms with Crippen LogP contribution in [0.1, 0.15) is 303 Å². The van der Waals surface area contributed by atoms with E-state index in [-0.39, 0.29) is 19.3 Å². The summed E-state index contributed by atoms with van der Waals surface area (Å²) >= 11 is 0. The molecule has 0 amide bonds. The van der Waals surface area contributed by atoms with Gasteiger partial charge in [0.05, 0.1) is 26.4 Å². The van der Waals surface area contributed by atoms with Crippen molar-refractivity contribution in [3.05, 3.63) is 85.1 Å². The molecule has 18 heteroatoms. The fourth-order valence-electron chi connectivity index (χ4n) is 9.63. The Kier molecular flexibility index (Phi) is 64.3. The van der Waals surface area contributed by atoms with Gasteiger partial charge in [0.25, 0.3) is 0 Å². The molecule has 0 aromatic heterocycles. The smallest absolute Gasteiger partial charge is 0.463 e. The van der Waals surface area contributed by atoms with E-state index in [1.807, 2.05) is 0 Å². The van der Waals surface area contributed by atoms with Crippen LogP contribution in [0, 0.1) is 0 Å². The van der Waals surface area contributed by atoms with Gasteiger partial charge < -0.3 is 34.2 Å². The summed E-state index contributed by atoms with van der Waals surface area (Å²) in [5.74, 6) is -1.58.